The predicted octanol–water partition coefficient (Wildman–Crippen LogP) is 2.49. The Kier molecular flexibility index (Phi) is 3.85. The molecule has 0 amide bonds. The van der Waals surface area contributed by atoms with Gasteiger partial charge >= 0.3 is 5.97 Å². The minimum absolute atomic E-state index is 0.0460. The van der Waals surface area contributed by atoms with Crippen LogP contribution in [-0.2, 0) is 13.2 Å². The summed E-state index contributed by atoms with van der Waals surface area (Å²) in [6.07, 6.45) is 1.53. The Labute approximate surface area is 111 Å². The van der Waals surface area contributed by atoms with Gasteiger partial charge in [-0.1, -0.05) is 12.1 Å². The Bertz CT molecular complexity index is 590. The van der Waals surface area contributed by atoms with Crippen molar-refractivity contribution in [2.75, 3.05) is 0 Å². The molecule has 0 atom stereocenters. The van der Waals surface area contributed by atoms with Crippen molar-refractivity contribution in [3.8, 4) is 5.75 Å². The fourth-order valence-electron chi connectivity index (χ4n) is 1.80. The van der Waals surface area contributed by atoms with E-state index in [1.165, 1.54) is 6.20 Å². The number of hydrogen-bond acceptors (Lipinski definition) is 3. The minimum atomic E-state index is -1.02. The van der Waals surface area contributed by atoms with Gasteiger partial charge < -0.3 is 14.4 Å². The van der Waals surface area contributed by atoms with E-state index in [2.05, 4.69) is 4.98 Å². The van der Waals surface area contributed by atoms with E-state index in [1.807, 2.05) is 38.1 Å². The lowest BCUT2D eigenvalue weighted by Crippen LogP contribution is -2.05. The highest BCUT2D eigenvalue weighted by Gasteiger charge is 2.12. The third-order valence-electron chi connectivity index (χ3n) is 2.78. The van der Waals surface area contributed by atoms with Crippen LogP contribution in [0.4, 0.5) is 0 Å². The van der Waals surface area contributed by atoms with Crippen molar-refractivity contribution in [3.63, 3.8) is 0 Å². The molecule has 2 aromatic rings. The molecule has 0 bridgehead atoms. The SMILES string of the molecule is CCn1cc(C(=O)O)nc1COc1cccc(C)c1. The van der Waals surface area contributed by atoms with Crippen molar-refractivity contribution in [1.82, 2.24) is 9.55 Å². The van der Waals surface area contributed by atoms with Gasteiger partial charge in [0.2, 0.25) is 0 Å². The Morgan fingerprint density at radius 2 is 2.26 bits per heavy atom. The molecular formula is C14H16N2O3. The highest BCUT2D eigenvalue weighted by Crippen LogP contribution is 2.14. The molecule has 1 N–H and O–H groups in total. The first-order chi connectivity index (χ1) is 9.10. The van der Waals surface area contributed by atoms with Gasteiger partial charge in [-0.2, -0.15) is 0 Å². The minimum Gasteiger partial charge on any atom is -0.486 e. The molecule has 0 unspecified atom stereocenters. The summed E-state index contributed by atoms with van der Waals surface area (Å²) in [5, 5.41) is 8.92. The summed E-state index contributed by atoms with van der Waals surface area (Å²) in [6.45, 7) is 4.84. The lowest BCUT2D eigenvalue weighted by molar-refractivity contribution is 0.0690. The van der Waals surface area contributed by atoms with Crippen LogP contribution in [0.5, 0.6) is 5.75 Å². The largest absolute Gasteiger partial charge is 0.486 e. The van der Waals surface area contributed by atoms with Crippen LogP contribution in [0, 0.1) is 6.92 Å². The molecule has 1 aromatic heterocycles. The van der Waals surface area contributed by atoms with Gasteiger partial charge in [0.25, 0.3) is 0 Å². The van der Waals surface area contributed by atoms with E-state index >= 15 is 0 Å². The first kappa shape index (κ1) is 13.1. The Morgan fingerprint density at radius 1 is 1.47 bits per heavy atom. The average Bonchev–Trinajstić information content (AvgIpc) is 2.80. The van der Waals surface area contributed by atoms with Crippen molar-refractivity contribution in [3.05, 3.63) is 47.5 Å². The van der Waals surface area contributed by atoms with Gasteiger partial charge in [-0.25, -0.2) is 9.78 Å². The normalized spacial score (nSPS) is 10.4. The van der Waals surface area contributed by atoms with Crippen molar-refractivity contribution >= 4 is 5.97 Å². The summed E-state index contributed by atoms with van der Waals surface area (Å²) in [7, 11) is 0. The monoisotopic (exact) mass is 260 g/mol. The molecule has 1 heterocycles. The lowest BCUT2D eigenvalue weighted by Gasteiger charge is -2.07. The number of aromatic nitrogens is 2. The number of rotatable bonds is 5. The van der Waals surface area contributed by atoms with Gasteiger partial charge in [0.05, 0.1) is 0 Å². The van der Waals surface area contributed by atoms with Gasteiger partial charge in [0.15, 0.2) is 5.69 Å². The number of carboxylic acids is 1. The summed E-state index contributed by atoms with van der Waals surface area (Å²) in [5.74, 6) is 0.341. The topological polar surface area (TPSA) is 64.4 Å². The van der Waals surface area contributed by atoms with Crippen LogP contribution >= 0.6 is 0 Å². The zero-order valence-corrected chi connectivity index (χ0v) is 11.0. The maximum absolute atomic E-state index is 10.9. The van der Waals surface area contributed by atoms with E-state index in [4.69, 9.17) is 9.84 Å². The third kappa shape index (κ3) is 3.13. The lowest BCUT2D eigenvalue weighted by atomic mass is 10.2. The highest BCUT2D eigenvalue weighted by molar-refractivity contribution is 5.85. The summed E-state index contributed by atoms with van der Waals surface area (Å²) >= 11 is 0. The Hall–Kier alpha value is -2.30. The van der Waals surface area contributed by atoms with Crippen molar-refractivity contribution in [2.45, 2.75) is 27.0 Å². The number of imidazole rings is 1. The van der Waals surface area contributed by atoms with E-state index in [9.17, 15) is 4.79 Å². The number of hydrogen-bond donors (Lipinski definition) is 1. The quantitative estimate of drug-likeness (QED) is 0.897. The zero-order valence-electron chi connectivity index (χ0n) is 11.0. The molecule has 0 saturated heterocycles. The molecule has 100 valence electrons. The first-order valence-corrected chi connectivity index (χ1v) is 6.09. The number of benzene rings is 1. The van der Waals surface area contributed by atoms with Gasteiger partial charge in [0.1, 0.15) is 18.2 Å². The van der Waals surface area contributed by atoms with E-state index in [-0.39, 0.29) is 12.3 Å². The second-order valence-electron chi connectivity index (χ2n) is 4.24. The molecule has 0 spiro atoms. The van der Waals surface area contributed by atoms with Crippen LogP contribution in [0.15, 0.2) is 30.5 Å². The molecule has 0 fully saturated rings. The molecule has 5 heteroatoms. The number of aromatic carboxylic acids is 1. The number of nitrogens with zero attached hydrogens (tertiary/aromatic N) is 2. The summed E-state index contributed by atoms with van der Waals surface area (Å²) in [6, 6.07) is 7.70. The van der Waals surface area contributed by atoms with Crippen molar-refractivity contribution in [2.24, 2.45) is 0 Å². The van der Waals surface area contributed by atoms with E-state index in [0.29, 0.717) is 12.4 Å². The zero-order chi connectivity index (χ0) is 13.8. The van der Waals surface area contributed by atoms with Crippen molar-refractivity contribution in [1.29, 1.82) is 0 Å². The molecule has 1 aromatic carbocycles. The fraction of sp³-hybridized carbons (Fsp3) is 0.286. The molecule has 0 aliphatic rings. The highest BCUT2D eigenvalue weighted by atomic mass is 16.5. The molecular weight excluding hydrogens is 244 g/mol. The fourth-order valence-corrected chi connectivity index (χ4v) is 1.80. The van der Waals surface area contributed by atoms with Crippen LogP contribution < -0.4 is 4.74 Å². The molecule has 0 radical (unpaired) electrons. The molecule has 2 rings (SSSR count). The van der Waals surface area contributed by atoms with E-state index < -0.39 is 5.97 Å². The molecule has 0 aliphatic carbocycles. The number of carbonyl (C=O) groups is 1. The standard InChI is InChI=1S/C14H16N2O3/c1-3-16-8-12(14(17)18)15-13(16)9-19-11-6-4-5-10(2)7-11/h4-8H,3,9H2,1-2H3,(H,17,18). The van der Waals surface area contributed by atoms with Crippen LogP contribution in [-0.4, -0.2) is 20.6 Å². The van der Waals surface area contributed by atoms with Gasteiger partial charge in [-0.3, -0.25) is 0 Å². The molecule has 0 aliphatic heterocycles. The second-order valence-corrected chi connectivity index (χ2v) is 4.24. The van der Waals surface area contributed by atoms with Crippen LogP contribution in [0.3, 0.4) is 0 Å². The van der Waals surface area contributed by atoms with Gasteiger partial charge in [0, 0.05) is 12.7 Å². The third-order valence-corrected chi connectivity index (χ3v) is 2.78. The average molecular weight is 260 g/mol. The summed E-state index contributed by atoms with van der Waals surface area (Å²) in [4.78, 5) is 14.9. The summed E-state index contributed by atoms with van der Waals surface area (Å²) in [5.41, 5.74) is 1.16. The molecule has 19 heavy (non-hydrogen) atoms. The van der Waals surface area contributed by atoms with Crippen LogP contribution in [0.25, 0.3) is 0 Å². The van der Waals surface area contributed by atoms with E-state index in [1.54, 1.807) is 4.57 Å². The first-order valence-electron chi connectivity index (χ1n) is 6.09. The van der Waals surface area contributed by atoms with Crippen LogP contribution in [0.1, 0.15) is 28.8 Å². The van der Waals surface area contributed by atoms with Crippen LogP contribution in [0.2, 0.25) is 0 Å². The second kappa shape index (κ2) is 5.56. The maximum atomic E-state index is 10.9. The predicted molar refractivity (Wildman–Crippen MR) is 70.4 cm³/mol. The Balaban J connectivity index is 2.12. The smallest absolute Gasteiger partial charge is 0.356 e. The number of carboxylic acid groups (broad SMARTS) is 1. The number of aryl methyl sites for hydroxylation is 2. The molecule has 0 saturated carbocycles. The van der Waals surface area contributed by atoms with Gasteiger partial charge in [-0.05, 0) is 31.5 Å². The van der Waals surface area contributed by atoms with E-state index in [0.717, 1.165) is 11.3 Å². The number of ether oxygens (including phenoxy) is 1. The van der Waals surface area contributed by atoms with Gasteiger partial charge in [-0.15, -0.1) is 0 Å². The van der Waals surface area contributed by atoms with Crippen molar-refractivity contribution < 1.29 is 14.6 Å². The molecule has 5 nitrogen and oxygen atoms in total. The Morgan fingerprint density at radius 3 is 2.89 bits per heavy atom. The maximum Gasteiger partial charge on any atom is 0.356 e. The summed E-state index contributed by atoms with van der Waals surface area (Å²) < 4.78 is 7.41.